The molecule has 0 radical (unpaired) electrons. The number of nitrogens with zero attached hydrogens (tertiary/aromatic N) is 1. The van der Waals surface area contributed by atoms with Crippen LogP contribution in [0, 0.1) is 6.92 Å². The zero-order chi connectivity index (χ0) is 32.2. The Morgan fingerprint density at radius 3 is 2.36 bits per heavy atom. The molecule has 3 amide bonds. The summed E-state index contributed by atoms with van der Waals surface area (Å²) in [5.74, 6) is -1.97. The van der Waals surface area contributed by atoms with Gasteiger partial charge in [0, 0.05) is 22.4 Å². The number of aliphatic hydroxyl groups excluding tert-OH is 1. The van der Waals surface area contributed by atoms with E-state index in [4.69, 9.17) is 0 Å². The number of hydrogen-bond donors (Lipinski definition) is 4. The molecule has 4 rings (SSSR count). The summed E-state index contributed by atoms with van der Waals surface area (Å²) < 4.78 is 38.7. The molecule has 0 aliphatic carbocycles. The van der Waals surface area contributed by atoms with E-state index < -0.39 is 52.4 Å². The van der Waals surface area contributed by atoms with E-state index >= 15 is 0 Å². The van der Waals surface area contributed by atoms with E-state index in [1.165, 1.54) is 47.0 Å². The molecule has 3 aromatic rings. The molecule has 1 aliphatic rings. The highest BCUT2D eigenvalue weighted by molar-refractivity contribution is 8.00. The van der Waals surface area contributed by atoms with Gasteiger partial charge in [-0.3, -0.25) is 14.4 Å². The molecule has 8 nitrogen and oxygen atoms in total. The number of phenolic OH excluding ortho intramolecular Hbond substituents is 1. The van der Waals surface area contributed by atoms with Gasteiger partial charge in [-0.25, -0.2) is 0 Å². The second-order valence-corrected chi connectivity index (χ2v) is 12.8. The molecule has 0 bridgehead atoms. The third-order valence-corrected chi connectivity index (χ3v) is 8.97. The van der Waals surface area contributed by atoms with Crippen LogP contribution in [0.5, 0.6) is 5.75 Å². The fourth-order valence-corrected chi connectivity index (χ4v) is 6.26. The molecule has 234 valence electrons. The molecule has 0 saturated carbocycles. The second kappa shape index (κ2) is 13.3. The highest BCUT2D eigenvalue weighted by Crippen LogP contribution is 2.40. The van der Waals surface area contributed by atoms with Gasteiger partial charge in [-0.1, -0.05) is 48.5 Å². The van der Waals surface area contributed by atoms with E-state index in [2.05, 4.69) is 10.6 Å². The van der Waals surface area contributed by atoms with E-state index in [0.717, 1.165) is 17.7 Å². The van der Waals surface area contributed by atoms with Gasteiger partial charge in [0.2, 0.25) is 5.91 Å². The van der Waals surface area contributed by atoms with E-state index in [1.807, 2.05) is 0 Å². The fourth-order valence-electron chi connectivity index (χ4n) is 5.12. The van der Waals surface area contributed by atoms with Crippen molar-refractivity contribution in [1.82, 2.24) is 15.5 Å². The maximum atomic E-state index is 13.8. The molecule has 44 heavy (non-hydrogen) atoms. The van der Waals surface area contributed by atoms with Gasteiger partial charge < -0.3 is 25.7 Å². The number of rotatable bonds is 9. The summed E-state index contributed by atoms with van der Waals surface area (Å²) in [4.78, 5) is 41.7. The van der Waals surface area contributed by atoms with Crippen LogP contribution in [0.4, 0.5) is 13.2 Å². The quantitative estimate of drug-likeness (QED) is 0.279. The third kappa shape index (κ3) is 7.54. The third-order valence-electron chi connectivity index (χ3n) is 7.60. The van der Waals surface area contributed by atoms with Crippen LogP contribution in [0.15, 0.2) is 72.8 Å². The number of nitrogens with one attached hydrogen (secondary N) is 2. The van der Waals surface area contributed by atoms with Gasteiger partial charge in [-0.05, 0) is 62.6 Å². The lowest BCUT2D eigenvalue weighted by atomic mass is 9.96. The zero-order valence-electron chi connectivity index (χ0n) is 24.4. The molecule has 4 N–H and O–H groups in total. The number of carbonyl (C=O) groups is 3. The number of halogens is 3. The average molecular weight is 630 g/mol. The Morgan fingerprint density at radius 1 is 1.02 bits per heavy atom. The molecule has 0 unspecified atom stereocenters. The number of carbonyl (C=O) groups excluding carboxylic acids is 3. The van der Waals surface area contributed by atoms with Crippen molar-refractivity contribution in [3.63, 3.8) is 0 Å². The Hall–Kier alpha value is -4.03. The van der Waals surface area contributed by atoms with Crippen LogP contribution in [-0.2, 0) is 28.7 Å². The summed E-state index contributed by atoms with van der Waals surface area (Å²) in [5, 5.41) is 26.9. The van der Waals surface area contributed by atoms with Crippen molar-refractivity contribution in [3.8, 4) is 5.75 Å². The van der Waals surface area contributed by atoms with E-state index in [-0.39, 0.29) is 35.7 Å². The molecule has 1 saturated heterocycles. The SMILES string of the molecule is Cc1c(O)cccc1C(=O)N[C@@H](Cc1ccccc1)[C@H](O)C(=O)N1CSC(C)(C)[C@H]1C(=O)NCc1cccc(C(F)(F)F)c1. The number of aliphatic hydroxyl groups is 1. The Kier molecular flexibility index (Phi) is 9.94. The van der Waals surface area contributed by atoms with Crippen molar-refractivity contribution in [1.29, 1.82) is 0 Å². The minimum atomic E-state index is -4.53. The van der Waals surface area contributed by atoms with Gasteiger partial charge in [-0.15, -0.1) is 11.8 Å². The molecule has 1 aliphatic heterocycles. The van der Waals surface area contributed by atoms with E-state index in [0.29, 0.717) is 5.56 Å². The number of aromatic hydroxyl groups is 1. The van der Waals surface area contributed by atoms with Gasteiger partial charge >= 0.3 is 6.18 Å². The van der Waals surface area contributed by atoms with Crippen LogP contribution in [-0.4, -0.2) is 61.6 Å². The fraction of sp³-hybridized carbons (Fsp3) is 0.344. The Morgan fingerprint density at radius 2 is 1.68 bits per heavy atom. The zero-order valence-corrected chi connectivity index (χ0v) is 25.2. The van der Waals surface area contributed by atoms with Crippen LogP contribution in [0.25, 0.3) is 0 Å². The summed E-state index contributed by atoms with van der Waals surface area (Å²) in [6, 6.07) is 15.9. The number of hydrogen-bond acceptors (Lipinski definition) is 6. The number of amides is 3. The molecule has 3 atom stereocenters. The van der Waals surface area contributed by atoms with E-state index in [9.17, 15) is 37.8 Å². The van der Waals surface area contributed by atoms with Gasteiger partial charge in [0.15, 0.2) is 6.10 Å². The molecule has 1 fully saturated rings. The number of thioether (sulfide) groups is 1. The Balaban J connectivity index is 1.55. The summed E-state index contributed by atoms with van der Waals surface area (Å²) in [5.41, 5.74) is 0.645. The van der Waals surface area contributed by atoms with Gasteiger partial charge in [0.1, 0.15) is 11.8 Å². The highest BCUT2D eigenvalue weighted by Gasteiger charge is 2.49. The molecule has 0 aromatic heterocycles. The van der Waals surface area contributed by atoms with E-state index in [1.54, 1.807) is 51.1 Å². The lowest BCUT2D eigenvalue weighted by Gasteiger charge is -2.33. The number of benzene rings is 3. The summed E-state index contributed by atoms with van der Waals surface area (Å²) in [6.07, 6.45) is -6.19. The maximum absolute atomic E-state index is 13.8. The average Bonchev–Trinajstić information content (AvgIpc) is 3.31. The van der Waals surface area contributed by atoms with Gasteiger partial charge in [0.25, 0.3) is 11.8 Å². The topological polar surface area (TPSA) is 119 Å². The lowest BCUT2D eigenvalue weighted by molar-refractivity contribution is -0.147. The van der Waals surface area contributed by atoms with Crippen LogP contribution >= 0.6 is 11.8 Å². The smallest absolute Gasteiger partial charge is 0.416 e. The van der Waals surface area contributed by atoms with Crippen molar-refractivity contribution in [2.24, 2.45) is 0 Å². The first kappa shape index (κ1) is 32.9. The number of phenols is 1. The van der Waals surface area contributed by atoms with Crippen molar-refractivity contribution in [2.75, 3.05) is 5.88 Å². The van der Waals surface area contributed by atoms with Gasteiger partial charge in [-0.2, -0.15) is 13.2 Å². The first-order valence-electron chi connectivity index (χ1n) is 13.9. The van der Waals surface area contributed by atoms with Crippen molar-refractivity contribution in [3.05, 3.63) is 101 Å². The van der Waals surface area contributed by atoms with Gasteiger partial charge in [0.05, 0.1) is 17.5 Å². The first-order chi connectivity index (χ1) is 20.7. The summed E-state index contributed by atoms with van der Waals surface area (Å²) in [7, 11) is 0. The van der Waals surface area contributed by atoms with Crippen LogP contribution in [0.3, 0.4) is 0 Å². The Bertz CT molecular complexity index is 1520. The predicted octanol–water partition coefficient (Wildman–Crippen LogP) is 4.42. The predicted molar refractivity (Wildman–Crippen MR) is 161 cm³/mol. The van der Waals surface area contributed by atoms with Crippen molar-refractivity contribution < 1.29 is 37.8 Å². The summed E-state index contributed by atoms with van der Waals surface area (Å²) in [6.45, 7) is 4.91. The largest absolute Gasteiger partial charge is 0.508 e. The standard InChI is InChI=1S/C32H34F3N3O5S/c1-19-23(13-8-14-25(19)39)28(41)37-24(16-20-9-5-4-6-10-20)26(40)30(43)38-18-44-31(2,3)27(38)29(42)36-17-21-11-7-12-22(15-21)32(33,34)35/h4-15,24,26-27,39-40H,16-18H2,1-3H3,(H,36,42)(H,37,41)/t24-,26-,27+/m0/s1. The van der Waals surface area contributed by atoms with Crippen LogP contribution in [0.2, 0.25) is 0 Å². The minimum absolute atomic E-state index is 0.0716. The molecular weight excluding hydrogens is 595 g/mol. The number of alkyl halides is 3. The van der Waals surface area contributed by atoms with Crippen LogP contribution in [0.1, 0.15) is 46.5 Å². The first-order valence-corrected chi connectivity index (χ1v) is 14.9. The van der Waals surface area contributed by atoms with Crippen LogP contribution < -0.4 is 10.6 Å². The second-order valence-electron chi connectivity index (χ2n) is 11.2. The molecule has 1 heterocycles. The normalized spacial score (nSPS) is 17.5. The minimum Gasteiger partial charge on any atom is -0.508 e. The maximum Gasteiger partial charge on any atom is 0.416 e. The lowest BCUT2D eigenvalue weighted by Crippen LogP contribution is -2.58. The summed E-state index contributed by atoms with van der Waals surface area (Å²) >= 11 is 1.32. The van der Waals surface area contributed by atoms with Crippen molar-refractivity contribution in [2.45, 2.75) is 62.8 Å². The Labute approximate surface area is 257 Å². The monoisotopic (exact) mass is 629 g/mol. The molecule has 0 spiro atoms. The molecule has 12 heteroatoms. The highest BCUT2D eigenvalue weighted by atomic mass is 32.2. The molecule has 3 aromatic carbocycles. The molecular formula is C32H34F3N3O5S. The van der Waals surface area contributed by atoms with Crippen molar-refractivity contribution >= 4 is 29.5 Å².